The van der Waals surface area contributed by atoms with E-state index in [4.69, 9.17) is 7.85 Å². The zero-order valence-electron chi connectivity index (χ0n) is 15.2. The van der Waals surface area contributed by atoms with Crippen LogP contribution in [0, 0.1) is 0 Å². The molecule has 0 fully saturated rings. The predicted molar refractivity (Wildman–Crippen MR) is 125 cm³/mol. The maximum Gasteiger partial charge on any atom is 0.113 e. The van der Waals surface area contributed by atoms with Gasteiger partial charge in [0.15, 0.2) is 0 Å². The molecule has 28 heavy (non-hydrogen) atoms. The molecule has 0 aliphatic carbocycles. The Labute approximate surface area is 174 Å². The van der Waals surface area contributed by atoms with Crippen LogP contribution in [0.25, 0.3) is 43.8 Å². The summed E-state index contributed by atoms with van der Waals surface area (Å²) in [5, 5.41) is 5.03. The summed E-state index contributed by atoms with van der Waals surface area (Å²) in [5.41, 5.74) is 5.72. The van der Waals surface area contributed by atoms with Gasteiger partial charge in [-0.3, -0.25) is 0 Å². The van der Waals surface area contributed by atoms with Crippen LogP contribution in [-0.2, 0) is 0 Å². The van der Waals surface area contributed by atoms with Gasteiger partial charge in [-0.05, 0) is 55.9 Å². The third-order valence-corrected chi connectivity index (χ3v) is 5.79. The van der Waals surface area contributed by atoms with Crippen LogP contribution in [-0.4, -0.2) is 7.85 Å². The minimum absolute atomic E-state index is 0.781. The Kier molecular flexibility index (Phi) is 4.29. The Morgan fingerprint density at radius 3 is 1.21 bits per heavy atom. The van der Waals surface area contributed by atoms with Crippen molar-refractivity contribution in [2.75, 3.05) is 0 Å². The summed E-state index contributed by atoms with van der Waals surface area (Å²) in [5.74, 6) is 0. The second-order valence-corrected chi connectivity index (χ2v) is 7.89. The van der Waals surface area contributed by atoms with E-state index >= 15 is 0 Å². The first kappa shape index (κ1) is 17.3. The van der Waals surface area contributed by atoms with Crippen molar-refractivity contribution in [1.82, 2.24) is 0 Å². The average molecular weight is 419 g/mol. The van der Waals surface area contributed by atoms with Crippen molar-refractivity contribution in [3.8, 4) is 22.3 Å². The zero-order valence-corrected chi connectivity index (χ0v) is 16.8. The number of halogens is 1. The molecule has 0 atom stereocenters. The first-order valence-electron chi connectivity index (χ1n) is 9.28. The first-order valence-corrected chi connectivity index (χ1v) is 10.1. The highest BCUT2D eigenvalue weighted by Crippen LogP contribution is 2.43. The molecule has 130 valence electrons. The van der Waals surface area contributed by atoms with Crippen LogP contribution in [0.2, 0.25) is 0 Å². The summed E-state index contributed by atoms with van der Waals surface area (Å²) in [6.45, 7) is 0. The summed E-state index contributed by atoms with van der Waals surface area (Å²) in [4.78, 5) is 0. The molecule has 0 nitrogen and oxygen atoms in total. The van der Waals surface area contributed by atoms with E-state index in [2.05, 4.69) is 101 Å². The van der Waals surface area contributed by atoms with Crippen LogP contribution < -0.4 is 5.46 Å². The molecule has 5 aromatic rings. The van der Waals surface area contributed by atoms with Crippen molar-refractivity contribution < 1.29 is 0 Å². The number of benzene rings is 5. The van der Waals surface area contributed by atoms with Gasteiger partial charge in [-0.25, -0.2) is 0 Å². The van der Waals surface area contributed by atoms with E-state index in [0.717, 1.165) is 9.94 Å². The largest absolute Gasteiger partial charge is 0.113 e. The van der Waals surface area contributed by atoms with Gasteiger partial charge in [0.2, 0.25) is 0 Å². The van der Waals surface area contributed by atoms with Gasteiger partial charge in [0.1, 0.15) is 7.85 Å². The summed E-state index contributed by atoms with van der Waals surface area (Å²) in [6, 6.07) is 34.1. The molecule has 0 bridgehead atoms. The molecular formula is C26H16BBr. The first-order chi connectivity index (χ1) is 13.7. The number of fused-ring (bicyclic) bond motifs is 2. The van der Waals surface area contributed by atoms with Crippen molar-refractivity contribution in [2.45, 2.75) is 0 Å². The number of hydrogen-bond donors (Lipinski definition) is 0. The lowest BCUT2D eigenvalue weighted by Gasteiger charge is -2.17. The van der Waals surface area contributed by atoms with Crippen LogP contribution in [0.3, 0.4) is 0 Å². The van der Waals surface area contributed by atoms with E-state index in [9.17, 15) is 0 Å². The Bertz CT molecular complexity index is 1140. The Morgan fingerprint density at radius 1 is 0.464 bits per heavy atom. The topological polar surface area (TPSA) is 0 Å². The molecule has 0 spiro atoms. The lowest BCUT2D eigenvalue weighted by Crippen LogP contribution is -1.99. The summed E-state index contributed by atoms with van der Waals surface area (Å²) >= 11 is 3.56. The van der Waals surface area contributed by atoms with Crippen molar-refractivity contribution >= 4 is 50.8 Å². The normalized spacial score (nSPS) is 11.2. The Balaban J connectivity index is 1.96. The van der Waals surface area contributed by atoms with Gasteiger partial charge in [0.05, 0.1) is 0 Å². The smallest absolute Gasteiger partial charge is 0.0966 e. The molecule has 0 saturated carbocycles. The van der Waals surface area contributed by atoms with E-state index in [1.807, 2.05) is 12.1 Å². The third-order valence-electron chi connectivity index (χ3n) is 5.26. The number of rotatable bonds is 2. The summed E-state index contributed by atoms with van der Waals surface area (Å²) in [6.07, 6.45) is 0. The maximum absolute atomic E-state index is 5.94. The fourth-order valence-electron chi connectivity index (χ4n) is 4.02. The molecule has 0 aliphatic heterocycles. The monoisotopic (exact) mass is 418 g/mol. The SMILES string of the molecule is [B]c1ccc(-c2c3ccccc3c(-c3ccc(Br)cc3)c3ccccc23)cc1. The van der Waals surface area contributed by atoms with Crippen LogP contribution in [0.1, 0.15) is 0 Å². The van der Waals surface area contributed by atoms with Gasteiger partial charge in [-0.1, -0.05) is 106 Å². The molecule has 0 aliphatic rings. The van der Waals surface area contributed by atoms with Crippen molar-refractivity contribution in [3.63, 3.8) is 0 Å². The molecule has 5 rings (SSSR count). The van der Waals surface area contributed by atoms with E-state index in [1.54, 1.807) is 0 Å². The van der Waals surface area contributed by atoms with Crippen molar-refractivity contribution in [1.29, 1.82) is 0 Å². The fraction of sp³-hybridized carbons (Fsp3) is 0. The fourth-order valence-corrected chi connectivity index (χ4v) is 4.28. The number of hydrogen-bond acceptors (Lipinski definition) is 0. The minimum Gasteiger partial charge on any atom is -0.0966 e. The van der Waals surface area contributed by atoms with Crippen LogP contribution in [0.5, 0.6) is 0 Å². The third kappa shape index (κ3) is 2.85. The molecule has 2 radical (unpaired) electrons. The van der Waals surface area contributed by atoms with Crippen LogP contribution >= 0.6 is 15.9 Å². The molecule has 0 N–H and O–H groups in total. The molecular weight excluding hydrogens is 403 g/mol. The lowest BCUT2D eigenvalue weighted by atomic mass is 9.85. The highest BCUT2D eigenvalue weighted by Gasteiger charge is 2.15. The second-order valence-electron chi connectivity index (χ2n) is 6.97. The van der Waals surface area contributed by atoms with Crippen molar-refractivity contribution in [3.05, 3.63) is 102 Å². The maximum atomic E-state index is 5.94. The average Bonchev–Trinajstić information content (AvgIpc) is 2.74. The highest BCUT2D eigenvalue weighted by atomic mass is 79.9. The van der Waals surface area contributed by atoms with E-state index in [0.29, 0.717) is 0 Å². The van der Waals surface area contributed by atoms with Gasteiger partial charge in [-0.15, -0.1) is 0 Å². The molecule has 0 unspecified atom stereocenters. The quantitative estimate of drug-likeness (QED) is 0.216. The van der Waals surface area contributed by atoms with E-state index in [1.165, 1.54) is 43.8 Å². The van der Waals surface area contributed by atoms with Gasteiger partial charge >= 0.3 is 0 Å². The standard InChI is InChI=1S/C26H16BBr/c27-19-13-9-17(10-14-19)25-21-5-1-3-7-23(21)26(18-11-15-20(28)16-12-18)24-8-4-2-6-22(24)25/h1-16H. The molecule has 0 aromatic heterocycles. The molecule has 2 heteroatoms. The second kappa shape index (κ2) is 6.96. The molecule has 0 amide bonds. The van der Waals surface area contributed by atoms with E-state index < -0.39 is 0 Å². The minimum atomic E-state index is 0.781. The van der Waals surface area contributed by atoms with Crippen LogP contribution in [0.15, 0.2) is 102 Å². The Morgan fingerprint density at radius 2 is 0.821 bits per heavy atom. The summed E-state index contributed by atoms with van der Waals surface area (Å²) < 4.78 is 1.09. The van der Waals surface area contributed by atoms with Crippen LogP contribution in [0.4, 0.5) is 0 Å². The van der Waals surface area contributed by atoms with Crippen molar-refractivity contribution in [2.24, 2.45) is 0 Å². The Hall–Kier alpha value is -2.84. The zero-order chi connectivity index (χ0) is 19.1. The highest BCUT2D eigenvalue weighted by molar-refractivity contribution is 9.10. The van der Waals surface area contributed by atoms with Gasteiger partial charge < -0.3 is 0 Å². The molecule has 0 heterocycles. The van der Waals surface area contributed by atoms with Gasteiger partial charge in [0, 0.05) is 4.47 Å². The molecule has 5 aromatic carbocycles. The van der Waals surface area contributed by atoms with Gasteiger partial charge in [-0.2, -0.15) is 0 Å². The lowest BCUT2D eigenvalue weighted by molar-refractivity contribution is 1.63. The predicted octanol–water partition coefficient (Wildman–Crippen LogP) is 6.88. The summed E-state index contributed by atoms with van der Waals surface area (Å²) in [7, 11) is 5.94. The molecule has 0 saturated heterocycles. The van der Waals surface area contributed by atoms with Gasteiger partial charge in [0.25, 0.3) is 0 Å². The van der Waals surface area contributed by atoms with E-state index in [-0.39, 0.29) is 0 Å².